The molecule has 0 amide bonds. The fourth-order valence-corrected chi connectivity index (χ4v) is 2.63. The molecule has 1 aromatic rings. The lowest BCUT2D eigenvalue weighted by atomic mass is 9.75. The maximum absolute atomic E-state index is 14.1. The summed E-state index contributed by atoms with van der Waals surface area (Å²) in [7, 11) is 0. The first kappa shape index (κ1) is 12.1. The van der Waals surface area contributed by atoms with E-state index in [0.717, 1.165) is 11.1 Å². The van der Waals surface area contributed by atoms with Gasteiger partial charge in [-0.3, -0.25) is 4.79 Å². The molecule has 0 unspecified atom stereocenters. The van der Waals surface area contributed by atoms with Crippen LogP contribution in [0.25, 0.3) is 0 Å². The summed E-state index contributed by atoms with van der Waals surface area (Å²) >= 11 is 0. The van der Waals surface area contributed by atoms with Gasteiger partial charge in [-0.25, -0.2) is 4.39 Å². The molecule has 0 saturated heterocycles. The van der Waals surface area contributed by atoms with Crippen molar-refractivity contribution >= 4 is 5.97 Å². The summed E-state index contributed by atoms with van der Waals surface area (Å²) in [6, 6.07) is 0. The Kier molecular flexibility index (Phi) is 2.53. The first-order valence-electron chi connectivity index (χ1n) is 5.76. The maximum Gasteiger partial charge on any atom is 0.312 e. The van der Waals surface area contributed by atoms with E-state index in [9.17, 15) is 9.18 Å². The molecule has 92 valence electrons. The number of ether oxygens (including phenoxy) is 1. The van der Waals surface area contributed by atoms with Crippen LogP contribution in [-0.2, 0) is 10.2 Å². The number of halogens is 1. The van der Waals surface area contributed by atoms with Crippen LogP contribution in [0.2, 0.25) is 0 Å². The van der Waals surface area contributed by atoms with Crippen molar-refractivity contribution in [2.75, 3.05) is 0 Å². The van der Waals surface area contributed by atoms with Gasteiger partial charge in [0.1, 0.15) is 11.6 Å². The van der Waals surface area contributed by atoms with Crippen LogP contribution in [0.1, 0.15) is 42.5 Å². The molecule has 0 saturated carbocycles. The first-order valence-corrected chi connectivity index (χ1v) is 5.76. The highest BCUT2D eigenvalue weighted by atomic mass is 19.1. The minimum absolute atomic E-state index is 0.188. The minimum atomic E-state index is -0.367. The highest BCUT2D eigenvalue weighted by Crippen LogP contribution is 2.44. The molecule has 0 bridgehead atoms. The molecule has 0 atom stereocenters. The number of esters is 1. The fourth-order valence-electron chi connectivity index (χ4n) is 2.63. The zero-order valence-electron chi connectivity index (χ0n) is 10.9. The van der Waals surface area contributed by atoms with Crippen LogP contribution >= 0.6 is 0 Å². The van der Waals surface area contributed by atoms with Gasteiger partial charge >= 0.3 is 5.97 Å². The van der Waals surface area contributed by atoms with Crippen LogP contribution in [-0.4, -0.2) is 5.97 Å². The maximum atomic E-state index is 14.1. The molecule has 2 rings (SSSR count). The van der Waals surface area contributed by atoms with Gasteiger partial charge in [-0.2, -0.15) is 0 Å². The Balaban J connectivity index is 2.84. The Bertz CT molecular complexity index is 516. The summed E-state index contributed by atoms with van der Waals surface area (Å²) in [5.41, 5.74) is 2.35. The summed E-state index contributed by atoms with van der Waals surface area (Å²) in [5.74, 6) is 0.130. The van der Waals surface area contributed by atoms with Crippen molar-refractivity contribution in [1.82, 2.24) is 0 Å². The number of carbonyl (C=O) groups excluding carboxylic acids is 1. The third kappa shape index (κ3) is 1.65. The lowest BCUT2D eigenvalue weighted by Gasteiger charge is -2.34. The molecular weight excluding hydrogens is 219 g/mol. The van der Waals surface area contributed by atoms with E-state index in [1.165, 1.54) is 0 Å². The van der Waals surface area contributed by atoms with Crippen molar-refractivity contribution in [3.63, 3.8) is 0 Å². The van der Waals surface area contributed by atoms with E-state index in [0.29, 0.717) is 23.3 Å². The molecular formula is C14H17FO2. The third-order valence-electron chi connectivity index (χ3n) is 3.64. The van der Waals surface area contributed by atoms with E-state index in [2.05, 4.69) is 0 Å². The van der Waals surface area contributed by atoms with Gasteiger partial charge in [-0.05, 0) is 37.5 Å². The molecule has 0 aliphatic carbocycles. The molecule has 1 aromatic carbocycles. The van der Waals surface area contributed by atoms with Crippen LogP contribution in [0.4, 0.5) is 4.39 Å². The highest BCUT2D eigenvalue weighted by molar-refractivity contribution is 5.79. The molecule has 0 fully saturated rings. The van der Waals surface area contributed by atoms with Crippen LogP contribution in [0.15, 0.2) is 0 Å². The van der Waals surface area contributed by atoms with Gasteiger partial charge in [-0.1, -0.05) is 13.8 Å². The Morgan fingerprint density at radius 2 is 1.71 bits per heavy atom. The van der Waals surface area contributed by atoms with Gasteiger partial charge in [0.15, 0.2) is 0 Å². The predicted molar refractivity (Wildman–Crippen MR) is 63.9 cm³/mol. The molecule has 17 heavy (non-hydrogen) atoms. The van der Waals surface area contributed by atoms with Crippen LogP contribution in [0.3, 0.4) is 0 Å². The second-order valence-electron chi connectivity index (χ2n) is 5.43. The molecule has 2 nitrogen and oxygen atoms in total. The van der Waals surface area contributed by atoms with E-state index in [1.54, 1.807) is 20.8 Å². The SMILES string of the molecule is Cc1c(C)c2c(c(C)c1F)C(C)(C)CC(=O)O2. The second-order valence-corrected chi connectivity index (χ2v) is 5.43. The molecule has 3 heteroatoms. The topological polar surface area (TPSA) is 26.3 Å². The number of rotatable bonds is 0. The lowest BCUT2D eigenvalue weighted by Crippen LogP contribution is -2.32. The van der Waals surface area contributed by atoms with E-state index in [1.807, 2.05) is 13.8 Å². The Hall–Kier alpha value is -1.38. The largest absolute Gasteiger partial charge is 0.426 e. The molecule has 1 heterocycles. The van der Waals surface area contributed by atoms with E-state index in [-0.39, 0.29) is 17.2 Å². The monoisotopic (exact) mass is 236 g/mol. The second kappa shape index (κ2) is 3.56. The number of carbonyl (C=O) groups is 1. The quantitative estimate of drug-likeness (QED) is 0.510. The predicted octanol–water partition coefficient (Wildman–Crippen LogP) is 3.34. The number of hydrogen-bond acceptors (Lipinski definition) is 2. The van der Waals surface area contributed by atoms with Crippen molar-refractivity contribution in [2.24, 2.45) is 0 Å². The Morgan fingerprint density at radius 1 is 1.12 bits per heavy atom. The number of fused-ring (bicyclic) bond motifs is 1. The van der Waals surface area contributed by atoms with Gasteiger partial charge in [0, 0.05) is 11.0 Å². The molecule has 1 aliphatic heterocycles. The zero-order chi connectivity index (χ0) is 13.0. The van der Waals surface area contributed by atoms with Gasteiger partial charge in [-0.15, -0.1) is 0 Å². The van der Waals surface area contributed by atoms with E-state index < -0.39 is 0 Å². The van der Waals surface area contributed by atoms with Crippen molar-refractivity contribution in [3.05, 3.63) is 28.1 Å². The molecule has 0 N–H and O–H groups in total. The summed E-state index contributed by atoms with van der Waals surface area (Å²) in [4.78, 5) is 11.6. The van der Waals surface area contributed by atoms with Crippen LogP contribution in [0, 0.1) is 26.6 Å². The molecule has 0 aromatic heterocycles. The molecule has 0 spiro atoms. The summed E-state index contributed by atoms with van der Waals surface area (Å²) < 4.78 is 19.4. The van der Waals surface area contributed by atoms with Crippen molar-refractivity contribution in [1.29, 1.82) is 0 Å². The van der Waals surface area contributed by atoms with Crippen molar-refractivity contribution in [2.45, 2.75) is 46.5 Å². The number of hydrogen-bond donors (Lipinski definition) is 0. The Labute approximate surface area is 101 Å². The third-order valence-corrected chi connectivity index (χ3v) is 3.64. The average Bonchev–Trinajstić information content (AvgIpc) is 2.21. The van der Waals surface area contributed by atoms with E-state index >= 15 is 0 Å². The van der Waals surface area contributed by atoms with Crippen LogP contribution < -0.4 is 4.74 Å². The smallest absolute Gasteiger partial charge is 0.312 e. The van der Waals surface area contributed by atoms with Gasteiger partial charge in [0.25, 0.3) is 0 Å². The normalized spacial score (nSPS) is 17.6. The summed E-state index contributed by atoms with van der Waals surface area (Å²) in [6.07, 6.45) is 0.294. The standard InChI is InChI=1S/C14H17FO2/c1-7-8(2)13-11(9(3)12(7)15)14(4,5)6-10(16)17-13/h6H2,1-5H3. The van der Waals surface area contributed by atoms with Gasteiger partial charge in [0.05, 0.1) is 6.42 Å². The average molecular weight is 236 g/mol. The first-order chi connectivity index (χ1) is 7.75. The van der Waals surface area contributed by atoms with Gasteiger partial charge in [0.2, 0.25) is 0 Å². The lowest BCUT2D eigenvalue weighted by molar-refractivity contribution is -0.137. The minimum Gasteiger partial charge on any atom is -0.426 e. The molecule has 0 radical (unpaired) electrons. The summed E-state index contributed by atoms with van der Waals surface area (Å²) in [5, 5.41) is 0. The molecule has 1 aliphatic rings. The summed E-state index contributed by atoms with van der Waals surface area (Å²) in [6.45, 7) is 9.17. The van der Waals surface area contributed by atoms with E-state index in [4.69, 9.17) is 4.74 Å². The fraction of sp³-hybridized carbons (Fsp3) is 0.500. The van der Waals surface area contributed by atoms with Crippen molar-refractivity contribution in [3.8, 4) is 5.75 Å². The zero-order valence-corrected chi connectivity index (χ0v) is 10.9. The highest BCUT2D eigenvalue weighted by Gasteiger charge is 2.37. The van der Waals surface area contributed by atoms with Crippen molar-refractivity contribution < 1.29 is 13.9 Å². The van der Waals surface area contributed by atoms with Crippen LogP contribution in [0.5, 0.6) is 5.75 Å². The van der Waals surface area contributed by atoms with Gasteiger partial charge < -0.3 is 4.74 Å². The Morgan fingerprint density at radius 3 is 2.29 bits per heavy atom. The number of benzene rings is 1.